The summed E-state index contributed by atoms with van der Waals surface area (Å²) < 4.78 is 27.0. The van der Waals surface area contributed by atoms with E-state index >= 15 is 0 Å². The Bertz CT molecular complexity index is 819. The van der Waals surface area contributed by atoms with Crippen LogP contribution in [-0.2, 0) is 4.79 Å². The van der Waals surface area contributed by atoms with Gasteiger partial charge in [-0.15, -0.1) is 0 Å². The van der Waals surface area contributed by atoms with Gasteiger partial charge in [0.05, 0.1) is 10.7 Å². The second-order valence-corrected chi connectivity index (χ2v) is 6.61. The SMILES string of the molecule is O=Cc1ccc(N2CCC(C(=O)Nc3cc(Cl)c(F)cc3F)CC2)cc1. The third kappa shape index (κ3) is 4.02. The van der Waals surface area contributed by atoms with Crippen molar-refractivity contribution in [2.75, 3.05) is 23.3 Å². The van der Waals surface area contributed by atoms with Crippen molar-refractivity contribution >= 4 is 35.2 Å². The summed E-state index contributed by atoms with van der Waals surface area (Å²) in [5.41, 5.74) is 1.49. The van der Waals surface area contributed by atoms with Gasteiger partial charge < -0.3 is 10.2 Å². The lowest BCUT2D eigenvalue weighted by molar-refractivity contribution is -0.120. The Morgan fingerprint density at radius 1 is 1.12 bits per heavy atom. The van der Waals surface area contributed by atoms with Crippen molar-refractivity contribution in [3.8, 4) is 0 Å². The van der Waals surface area contributed by atoms with Gasteiger partial charge in [-0.3, -0.25) is 9.59 Å². The van der Waals surface area contributed by atoms with Crippen LogP contribution in [-0.4, -0.2) is 25.3 Å². The van der Waals surface area contributed by atoms with Crippen LogP contribution in [0.2, 0.25) is 5.02 Å². The van der Waals surface area contributed by atoms with Gasteiger partial charge in [0.25, 0.3) is 0 Å². The molecule has 1 amide bonds. The van der Waals surface area contributed by atoms with E-state index in [2.05, 4.69) is 10.2 Å². The van der Waals surface area contributed by atoms with Gasteiger partial charge in [-0.05, 0) is 43.2 Å². The summed E-state index contributed by atoms with van der Waals surface area (Å²) in [6, 6.07) is 8.99. The molecule has 0 saturated carbocycles. The molecule has 3 rings (SSSR count). The van der Waals surface area contributed by atoms with Crippen LogP contribution >= 0.6 is 11.6 Å². The molecule has 0 aliphatic carbocycles. The van der Waals surface area contributed by atoms with E-state index < -0.39 is 11.6 Å². The van der Waals surface area contributed by atoms with Crippen LogP contribution in [0.4, 0.5) is 20.2 Å². The van der Waals surface area contributed by atoms with Gasteiger partial charge in [0.15, 0.2) is 0 Å². The molecular formula is C19H17ClF2N2O2. The van der Waals surface area contributed by atoms with Crippen molar-refractivity contribution < 1.29 is 18.4 Å². The smallest absolute Gasteiger partial charge is 0.227 e. The number of halogens is 3. The van der Waals surface area contributed by atoms with Gasteiger partial charge in [0.1, 0.15) is 17.9 Å². The fourth-order valence-electron chi connectivity index (χ4n) is 3.02. The van der Waals surface area contributed by atoms with Crippen LogP contribution in [0.3, 0.4) is 0 Å². The van der Waals surface area contributed by atoms with Crippen molar-refractivity contribution in [3.63, 3.8) is 0 Å². The number of anilines is 2. The zero-order valence-corrected chi connectivity index (χ0v) is 14.6. The van der Waals surface area contributed by atoms with Crippen LogP contribution < -0.4 is 10.2 Å². The molecule has 0 atom stereocenters. The van der Waals surface area contributed by atoms with Crippen LogP contribution in [0, 0.1) is 17.6 Å². The number of nitrogens with zero attached hydrogens (tertiary/aromatic N) is 1. The second-order valence-electron chi connectivity index (χ2n) is 6.21. The van der Waals surface area contributed by atoms with Gasteiger partial charge in [-0.2, -0.15) is 0 Å². The Morgan fingerprint density at radius 3 is 2.38 bits per heavy atom. The maximum atomic E-state index is 13.8. The number of amides is 1. The first-order valence-corrected chi connectivity index (χ1v) is 8.61. The Labute approximate surface area is 154 Å². The quantitative estimate of drug-likeness (QED) is 0.638. The number of hydrogen-bond acceptors (Lipinski definition) is 3. The Morgan fingerprint density at radius 2 is 1.77 bits per heavy atom. The van der Waals surface area contributed by atoms with E-state index in [1.807, 2.05) is 12.1 Å². The molecule has 7 heteroatoms. The number of piperidine rings is 1. The van der Waals surface area contributed by atoms with Gasteiger partial charge in [-0.25, -0.2) is 8.78 Å². The molecule has 1 saturated heterocycles. The van der Waals surface area contributed by atoms with Crippen molar-refractivity contribution in [3.05, 3.63) is 58.6 Å². The zero-order valence-electron chi connectivity index (χ0n) is 13.8. The Hall–Kier alpha value is -2.47. The molecule has 1 N–H and O–H groups in total. The topological polar surface area (TPSA) is 49.4 Å². The summed E-state index contributed by atoms with van der Waals surface area (Å²) in [6.07, 6.45) is 2.01. The first-order valence-electron chi connectivity index (χ1n) is 8.23. The largest absolute Gasteiger partial charge is 0.371 e. The highest BCUT2D eigenvalue weighted by molar-refractivity contribution is 6.31. The molecule has 0 aromatic heterocycles. The minimum atomic E-state index is -0.865. The highest BCUT2D eigenvalue weighted by atomic mass is 35.5. The van der Waals surface area contributed by atoms with Crippen molar-refractivity contribution in [1.82, 2.24) is 0 Å². The molecule has 26 heavy (non-hydrogen) atoms. The predicted octanol–water partition coefficient (Wildman–Crippen LogP) is 4.29. The summed E-state index contributed by atoms with van der Waals surface area (Å²) >= 11 is 5.64. The molecule has 0 unspecified atom stereocenters. The third-order valence-corrected chi connectivity index (χ3v) is 4.82. The van der Waals surface area contributed by atoms with Crippen LogP contribution in [0.25, 0.3) is 0 Å². The van der Waals surface area contributed by atoms with Crippen molar-refractivity contribution in [2.45, 2.75) is 12.8 Å². The Balaban J connectivity index is 1.59. The summed E-state index contributed by atoms with van der Waals surface area (Å²) in [5, 5.41) is 2.25. The predicted molar refractivity (Wildman–Crippen MR) is 96.8 cm³/mol. The Kier molecular flexibility index (Phi) is 5.52. The van der Waals surface area contributed by atoms with E-state index in [9.17, 15) is 18.4 Å². The van der Waals surface area contributed by atoms with Gasteiger partial charge in [-0.1, -0.05) is 11.6 Å². The van der Waals surface area contributed by atoms with E-state index in [0.29, 0.717) is 37.6 Å². The van der Waals surface area contributed by atoms with Gasteiger partial charge >= 0.3 is 0 Å². The standard InChI is InChI=1S/C19H17ClF2N2O2/c20-15-9-18(17(22)10-16(15)21)23-19(26)13-5-7-24(8-6-13)14-3-1-12(11-25)2-4-14/h1-4,9-11,13H,5-8H2,(H,23,26). The van der Waals surface area contributed by atoms with E-state index in [1.54, 1.807) is 12.1 Å². The summed E-state index contributed by atoms with van der Waals surface area (Å²) in [6.45, 7) is 1.34. The minimum Gasteiger partial charge on any atom is -0.371 e. The number of benzene rings is 2. The number of nitrogens with one attached hydrogen (secondary N) is 1. The summed E-state index contributed by atoms with van der Waals surface area (Å²) in [5.74, 6) is -2.28. The molecule has 0 spiro atoms. The van der Waals surface area contributed by atoms with E-state index in [-0.39, 0.29) is 22.5 Å². The summed E-state index contributed by atoms with van der Waals surface area (Å²) in [4.78, 5) is 25.2. The molecule has 2 aromatic rings. The lowest BCUT2D eigenvalue weighted by Gasteiger charge is -2.33. The van der Waals surface area contributed by atoms with Crippen molar-refractivity contribution in [2.24, 2.45) is 5.92 Å². The molecule has 0 radical (unpaired) electrons. The first-order chi connectivity index (χ1) is 12.5. The average Bonchev–Trinajstić information content (AvgIpc) is 2.66. The third-order valence-electron chi connectivity index (χ3n) is 4.53. The molecule has 136 valence electrons. The molecule has 1 heterocycles. The normalized spacial score (nSPS) is 15.0. The average molecular weight is 379 g/mol. The highest BCUT2D eigenvalue weighted by Crippen LogP contribution is 2.27. The maximum absolute atomic E-state index is 13.8. The number of carbonyl (C=O) groups is 2. The molecule has 1 aliphatic heterocycles. The van der Waals surface area contributed by atoms with E-state index in [1.165, 1.54) is 0 Å². The van der Waals surface area contributed by atoms with Gasteiger partial charge in [0.2, 0.25) is 5.91 Å². The fraction of sp³-hybridized carbons (Fsp3) is 0.263. The van der Waals surface area contributed by atoms with Crippen LogP contribution in [0.5, 0.6) is 0 Å². The molecule has 4 nitrogen and oxygen atoms in total. The molecule has 1 aliphatic rings. The minimum absolute atomic E-state index is 0.117. The zero-order chi connectivity index (χ0) is 18.7. The molecular weight excluding hydrogens is 362 g/mol. The molecule has 2 aromatic carbocycles. The second kappa shape index (κ2) is 7.83. The van der Waals surface area contributed by atoms with Crippen LogP contribution in [0.15, 0.2) is 36.4 Å². The van der Waals surface area contributed by atoms with Crippen LogP contribution in [0.1, 0.15) is 23.2 Å². The number of rotatable bonds is 4. The van der Waals surface area contributed by atoms with Crippen molar-refractivity contribution in [1.29, 1.82) is 0 Å². The van der Waals surface area contributed by atoms with E-state index in [4.69, 9.17) is 11.6 Å². The molecule has 1 fully saturated rings. The fourth-order valence-corrected chi connectivity index (χ4v) is 3.18. The van der Waals surface area contributed by atoms with E-state index in [0.717, 1.165) is 18.0 Å². The highest BCUT2D eigenvalue weighted by Gasteiger charge is 2.26. The lowest BCUT2D eigenvalue weighted by Crippen LogP contribution is -2.38. The number of hydrogen-bond donors (Lipinski definition) is 1. The van der Waals surface area contributed by atoms with Gasteiger partial charge in [0, 0.05) is 36.3 Å². The summed E-state index contributed by atoms with van der Waals surface area (Å²) in [7, 11) is 0. The first kappa shape index (κ1) is 18.3. The number of aldehydes is 1. The monoisotopic (exact) mass is 378 g/mol. The molecule has 0 bridgehead atoms. The lowest BCUT2D eigenvalue weighted by atomic mass is 9.95. The number of carbonyl (C=O) groups excluding carboxylic acids is 2. The maximum Gasteiger partial charge on any atom is 0.227 e.